The Morgan fingerprint density at radius 2 is 2.11 bits per heavy atom. The van der Waals surface area contributed by atoms with Gasteiger partial charge in [0.15, 0.2) is 9.84 Å². The number of benzene rings is 1. The summed E-state index contributed by atoms with van der Waals surface area (Å²) in [4.78, 5) is 15.6. The number of rotatable bonds is 7. The SMILES string of the molecule is Cc1ccc(C)c(OCCC(=O)N(Cc2cccs2)[C@H]2CCS(=O)(=O)C2)c1. The summed E-state index contributed by atoms with van der Waals surface area (Å²) in [6.45, 7) is 4.72. The number of amides is 1. The van der Waals surface area contributed by atoms with Gasteiger partial charge < -0.3 is 9.64 Å². The van der Waals surface area contributed by atoms with Crippen LogP contribution < -0.4 is 4.74 Å². The van der Waals surface area contributed by atoms with Crippen molar-refractivity contribution in [3.63, 3.8) is 0 Å². The van der Waals surface area contributed by atoms with Gasteiger partial charge in [0.2, 0.25) is 5.91 Å². The lowest BCUT2D eigenvalue weighted by Gasteiger charge is -2.28. The molecule has 2 heterocycles. The number of hydrogen-bond donors (Lipinski definition) is 0. The number of sulfone groups is 1. The van der Waals surface area contributed by atoms with Crippen LogP contribution in [0.25, 0.3) is 0 Å². The highest BCUT2D eigenvalue weighted by Gasteiger charge is 2.34. The molecule has 0 spiro atoms. The summed E-state index contributed by atoms with van der Waals surface area (Å²) in [5, 5.41) is 1.97. The zero-order chi connectivity index (χ0) is 19.4. The Hall–Kier alpha value is -1.86. The number of hydrogen-bond acceptors (Lipinski definition) is 5. The molecule has 0 N–H and O–H groups in total. The molecule has 7 heteroatoms. The lowest BCUT2D eigenvalue weighted by atomic mass is 10.1. The molecule has 0 saturated carbocycles. The van der Waals surface area contributed by atoms with E-state index in [1.54, 1.807) is 16.2 Å². The molecule has 1 aliphatic heterocycles. The van der Waals surface area contributed by atoms with Crippen LogP contribution in [0.4, 0.5) is 0 Å². The van der Waals surface area contributed by atoms with Gasteiger partial charge in [-0.1, -0.05) is 18.2 Å². The molecule has 146 valence electrons. The first-order valence-electron chi connectivity index (χ1n) is 9.06. The Morgan fingerprint density at radius 1 is 1.30 bits per heavy atom. The molecule has 1 aromatic heterocycles. The summed E-state index contributed by atoms with van der Waals surface area (Å²) in [6.07, 6.45) is 0.743. The van der Waals surface area contributed by atoms with E-state index in [1.807, 2.05) is 49.6 Å². The van der Waals surface area contributed by atoms with Crippen molar-refractivity contribution >= 4 is 27.1 Å². The van der Waals surface area contributed by atoms with Crippen LogP contribution in [0.3, 0.4) is 0 Å². The third-order valence-corrected chi connectivity index (χ3v) is 7.40. The fourth-order valence-electron chi connectivity index (χ4n) is 3.27. The van der Waals surface area contributed by atoms with Crippen LogP contribution in [-0.2, 0) is 21.2 Å². The van der Waals surface area contributed by atoms with Crippen LogP contribution in [-0.4, -0.2) is 43.4 Å². The molecule has 1 atom stereocenters. The van der Waals surface area contributed by atoms with E-state index >= 15 is 0 Å². The average Bonchev–Trinajstić information content (AvgIpc) is 3.24. The Kier molecular flexibility index (Phi) is 6.22. The molecule has 0 radical (unpaired) electrons. The maximum absolute atomic E-state index is 12.9. The Morgan fingerprint density at radius 3 is 2.78 bits per heavy atom. The van der Waals surface area contributed by atoms with Crippen molar-refractivity contribution in [2.75, 3.05) is 18.1 Å². The quantitative estimate of drug-likeness (QED) is 0.706. The topological polar surface area (TPSA) is 63.7 Å². The third-order valence-electron chi connectivity index (χ3n) is 4.79. The summed E-state index contributed by atoms with van der Waals surface area (Å²) >= 11 is 1.58. The number of carbonyl (C=O) groups is 1. The van der Waals surface area contributed by atoms with Gasteiger partial charge in [0.05, 0.1) is 31.1 Å². The third kappa shape index (κ3) is 5.32. The van der Waals surface area contributed by atoms with E-state index in [1.165, 1.54) is 0 Å². The molecule has 0 bridgehead atoms. The fourth-order valence-corrected chi connectivity index (χ4v) is 5.70. The van der Waals surface area contributed by atoms with Crippen molar-refractivity contribution in [3.05, 3.63) is 51.7 Å². The molecular weight excluding hydrogens is 382 g/mol. The smallest absolute Gasteiger partial charge is 0.226 e. The summed E-state index contributed by atoms with van der Waals surface area (Å²) in [5.74, 6) is 0.944. The molecule has 0 unspecified atom stereocenters. The second kappa shape index (κ2) is 8.44. The highest BCUT2D eigenvalue weighted by atomic mass is 32.2. The first kappa shape index (κ1) is 19.9. The van der Waals surface area contributed by atoms with Crippen LogP contribution in [0.5, 0.6) is 5.75 Å². The minimum atomic E-state index is -3.05. The summed E-state index contributed by atoms with van der Waals surface area (Å²) in [6, 6.07) is 9.66. The second-order valence-corrected chi connectivity index (χ2v) is 10.3. The minimum absolute atomic E-state index is 0.0575. The number of nitrogens with zero attached hydrogens (tertiary/aromatic N) is 1. The predicted octanol–water partition coefficient (Wildman–Crippen LogP) is 3.35. The Labute approximate surface area is 164 Å². The van der Waals surface area contributed by atoms with Gasteiger partial charge in [-0.05, 0) is 48.9 Å². The zero-order valence-corrected chi connectivity index (χ0v) is 17.3. The van der Waals surface area contributed by atoms with E-state index in [2.05, 4.69) is 0 Å². The predicted molar refractivity (Wildman–Crippen MR) is 108 cm³/mol. The molecular formula is C20H25NO4S2. The highest BCUT2D eigenvalue weighted by Crippen LogP contribution is 2.23. The van der Waals surface area contributed by atoms with Crippen molar-refractivity contribution in [1.82, 2.24) is 4.90 Å². The molecule has 1 fully saturated rings. The molecule has 1 aromatic carbocycles. The highest BCUT2D eigenvalue weighted by molar-refractivity contribution is 7.91. The molecule has 1 saturated heterocycles. The lowest BCUT2D eigenvalue weighted by Crippen LogP contribution is -2.41. The summed E-state index contributed by atoms with van der Waals surface area (Å²) in [7, 11) is -3.05. The molecule has 2 aromatic rings. The van der Waals surface area contributed by atoms with Gasteiger partial charge in [-0.3, -0.25) is 4.79 Å². The lowest BCUT2D eigenvalue weighted by molar-refractivity contribution is -0.134. The maximum Gasteiger partial charge on any atom is 0.226 e. The van der Waals surface area contributed by atoms with Crippen LogP contribution in [0.2, 0.25) is 0 Å². The molecule has 1 amide bonds. The Bertz CT molecular complexity index is 891. The number of aryl methyl sites for hydroxylation is 2. The van der Waals surface area contributed by atoms with Crippen LogP contribution in [0.15, 0.2) is 35.7 Å². The van der Waals surface area contributed by atoms with E-state index in [0.717, 1.165) is 21.8 Å². The number of thiophene rings is 1. The van der Waals surface area contributed by atoms with Gasteiger partial charge in [0.25, 0.3) is 0 Å². The van der Waals surface area contributed by atoms with Crippen molar-refractivity contribution in [3.8, 4) is 5.75 Å². The fraction of sp³-hybridized carbons (Fsp3) is 0.450. The van der Waals surface area contributed by atoms with E-state index in [-0.39, 0.29) is 36.5 Å². The maximum atomic E-state index is 12.9. The first-order valence-corrected chi connectivity index (χ1v) is 11.8. The van der Waals surface area contributed by atoms with E-state index in [0.29, 0.717) is 13.0 Å². The monoisotopic (exact) mass is 407 g/mol. The Balaban J connectivity index is 1.64. The second-order valence-electron chi connectivity index (χ2n) is 7.03. The van der Waals surface area contributed by atoms with Crippen molar-refractivity contribution in [1.29, 1.82) is 0 Å². The minimum Gasteiger partial charge on any atom is -0.493 e. The van der Waals surface area contributed by atoms with Crippen LogP contribution in [0, 0.1) is 13.8 Å². The van der Waals surface area contributed by atoms with E-state index < -0.39 is 9.84 Å². The largest absolute Gasteiger partial charge is 0.493 e. The number of carbonyl (C=O) groups excluding carboxylic acids is 1. The standard InChI is InChI=1S/C20H25NO4S2/c1-15-5-6-16(2)19(12-15)25-9-7-20(22)21(13-18-4-3-10-26-18)17-8-11-27(23,24)14-17/h3-6,10,12,17H,7-9,11,13-14H2,1-2H3/t17-/m0/s1. The number of ether oxygens (including phenoxy) is 1. The van der Waals surface area contributed by atoms with Gasteiger partial charge in [-0.15, -0.1) is 11.3 Å². The van der Waals surface area contributed by atoms with Crippen LogP contribution in [0.1, 0.15) is 28.8 Å². The molecule has 5 nitrogen and oxygen atoms in total. The molecule has 1 aliphatic rings. The average molecular weight is 408 g/mol. The summed E-state index contributed by atoms with van der Waals surface area (Å²) in [5.41, 5.74) is 2.14. The van der Waals surface area contributed by atoms with Gasteiger partial charge in [-0.25, -0.2) is 8.42 Å². The van der Waals surface area contributed by atoms with Crippen molar-refractivity contribution < 1.29 is 17.9 Å². The molecule has 0 aliphatic carbocycles. The van der Waals surface area contributed by atoms with Gasteiger partial charge in [0, 0.05) is 10.9 Å². The normalized spacial score (nSPS) is 18.4. The van der Waals surface area contributed by atoms with Crippen LogP contribution >= 0.6 is 11.3 Å². The van der Waals surface area contributed by atoms with Gasteiger partial charge in [-0.2, -0.15) is 0 Å². The van der Waals surface area contributed by atoms with Gasteiger partial charge in [0.1, 0.15) is 5.75 Å². The molecule has 3 rings (SSSR count). The first-order chi connectivity index (χ1) is 12.8. The van der Waals surface area contributed by atoms with Gasteiger partial charge >= 0.3 is 0 Å². The van der Waals surface area contributed by atoms with E-state index in [9.17, 15) is 13.2 Å². The molecule has 27 heavy (non-hydrogen) atoms. The summed E-state index contributed by atoms with van der Waals surface area (Å²) < 4.78 is 29.6. The van der Waals surface area contributed by atoms with Crippen molar-refractivity contribution in [2.45, 2.75) is 39.3 Å². The van der Waals surface area contributed by atoms with E-state index in [4.69, 9.17) is 4.74 Å². The van der Waals surface area contributed by atoms with Crippen molar-refractivity contribution in [2.24, 2.45) is 0 Å². The zero-order valence-electron chi connectivity index (χ0n) is 15.7.